The van der Waals surface area contributed by atoms with Crippen LogP contribution in [0.5, 0.6) is 11.5 Å². The van der Waals surface area contributed by atoms with Crippen LogP contribution in [0.4, 0.5) is 17.1 Å². The van der Waals surface area contributed by atoms with Gasteiger partial charge in [-0.1, -0.05) is 23.2 Å². The van der Waals surface area contributed by atoms with Crippen LogP contribution in [0.25, 0.3) is 0 Å². The second-order valence-corrected chi connectivity index (χ2v) is 8.85. The first-order valence-electron chi connectivity index (χ1n) is 10.7. The number of nitrogens with two attached hydrogens (primary N) is 2. The molecule has 1 heterocycles. The van der Waals surface area contributed by atoms with Crippen LogP contribution >= 0.6 is 35.0 Å². The zero-order valence-corrected chi connectivity index (χ0v) is 23.5. The minimum absolute atomic E-state index is 0.202. The zero-order valence-electron chi connectivity index (χ0n) is 21.1. The smallest absolute Gasteiger partial charge is 0.274 e. The van der Waals surface area contributed by atoms with E-state index in [0.717, 1.165) is 7.11 Å². The third-order valence-electron chi connectivity index (χ3n) is 4.60. The number of anilines is 3. The molecule has 0 aliphatic carbocycles. The predicted molar refractivity (Wildman–Crippen MR) is 155 cm³/mol. The molecule has 1 atom stereocenters. The Kier molecular flexibility index (Phi) is 13.6. The van der Waals surface area contributed by atoms with E-state index in [9.17, 15) is 4.79 Å². The van der Waals surface area contributed by atoms with Gasteiger partial charge < -0.3 is 31.4 Å². The van der Waals surface area contributed by atoms with E-state index in [4.69, 9.17) is 54.7 Å². The third-order valence-corrected chi connectivity index (χ3v) is 5.21. The predicted octanol–water partition coefficient (Wildman–Crippen LogP) is 5.30. The highest BCUT2D eigenvalue weighted by Crippen LogP contribution is 2.33. The van der Waals surface area contributed by atoms with Gasteiger partial charge in [0.15, 0.2) is 0 Å². The topological polar surface area (TPSA) is 157 Å². The highest BCUT2D eigenvalue weighted by Gasteiger charge is 2.20. The summed E-state index contributed by atoms with van der Waals surface area (Å²) in [7, 11) is 2.46. The zero-order chi connectivity index (χ0) is 28.1. The van der Waals surface area contributed by atoms with Crippen molar-refractivity contribution in [2.75, 3.05) is 43.5 Å². The number of amides is 1. The van der Waals surface area contributed by atoms with E-state index in [1.165, 1.54) is 25.6 Å². The van der Waals surface area contributed by atoms with Gasteiger partial charge in [0, 0.05) is 48.1 Å². The van der Waals surface area contributed by atoms with Gasteiger partial charge in [-0.15, -0.1) is 0 Å². The van der Waals surface area contributed by atoms with Crippen LogP contribution in [0.2, 0.25) is 10.0 Å². The van der Waals surface area contributed by atoms with Crippen molar-refractivity contribution in [2.24, 2.45) is 0 Å². The van der Waals surface area contributed by atoms with Crippen molar-refractivity contribution in [3.8, 4) is 11.5 Å². The molecule has 37 heavy (non-hydrogen) atoms. The summed E-state index contributed by atoms with van der Waals surface area (Å²) < 4.78 is 11.2. The van der Waals surface area contributed by atoms with E-state index in [-0.39, 0.29) is 17.0 Å². The maximum absolute atomic E-state index is 12.7. The second kappa shape index (κ2) is 15.8. The summed E-state index contributed by atoms with van der Waals surface area (Å²) >= 11 is 14.1. The highest BCUT2D eigenvalue weighted by atomic mass is 35.5. The Bertz CT molecular complexity index is 1190. The standard InChI is InChI=1S/C22H21Cl2N5O3.C2H6S.CH4O/c1-11(20-15(23)9-28-10-16(20)24)32-13-4-5-17(26)14(8-13)21(27)22(30)29-18-6-3-12(25)7-19(18)31-2;1-3-2;1-2/h3-11,27H,25-26H2,1-2H3,(H,29,30);1-2H3;2H,1H3. The number of aliphatic hydroxyl groups is 1. The fourth-order valence-electron chi connectivity index (χ4n) is 3.02. The number of benzene rings is 2. The van der Waals surface area contributed by atoms with Crippen LogP contribution in [0.3, 0.4) is 0 Å². The van der Waals surface area contributed by atoms with Crippen molar-refractivity contribution in [2.45, 2.75) is 13.0 Å². The first-order chi connectivity index (χ1) is 17.6. The number of nitrogens with one attached hydrogen (secondary N) is 2. The van der Waals surface area contributed by atoms with Gasteiger partial charge in [0.05, 0.1) is 22.8 Å². The number of aliphatic hydroxyl groups excluding tert-OH is 1. The van der Waals surface area contributed by atoms with Gasteiger partial charge in [0.25, 0.3) is 5.91 Å². The third kappa shape index (κ3) is 9.01. The van der Waals surface area contributed by atoms with Crippen LogP contribution in [0.1, 0.15) is 24.2 Å². The van der Waals surface area contributed by atoms with Gasteiger partial charge >= 0.3 is 0 Å². The lowest BCUT2D eigenvalue weighted by Gasteiger charge is -2.18. The lowest BCUT2D eigenvalue weighted by molar-refractivity contribution is -0.110. The highest BCUT2D eigenvalue weighted by molar-refractivity contribution is 7.97. The van der Waals surface area contributed by atoms with Crippen molar-refractivity contribution >= 4 is 63.6 Å². The molecule has 0 spiro atoms. The van der Waals surface area contributed by atoms with Gasteiger partial charge in [-0.25, -0.2) is 0 Å². The quantitative estimate of drug-likeness (QED) is 0.190. The van der Waals surface area contributed by atoms with Crippen molar-refractivity contribution < 1.29 is 19.4 Å². The molecule has 1 amide bonds. The number of rotatable bonds is 7. The molecule has 0 saturated carbocycles. The first-order valence-corrected chi connectivity index (χ1v) is 13.1. The summed E-state index contributed by atoms with van der Waals surface area (Å²) in [6, 6.07) is 9.47. The van der Waals surface area contributed by atoms with Gasteiger partial charge in [-0.3, -0.25) is 15.2 Å². The van der Waals surface area contributed by atoms with Crippen molar-refractivity contribution in [3.05, 3.63) is 70.0 Å². The summed E-state index contributed by atoms with van der Waals surface area (Å²) in [5.41, 5.74) is 13.3. The lowest BCUT2D eigenvalue weighted by Crippen LogP contribution is -2.24. The Balaban J connectivity index is 0.00000127. The fourth-order valence-corrected chi connectivity index (χ4v) is 3.69. The molecule has 0 bridgehead atoms. The van der Waals surface area contributed by atoms with Crippen LogP contribution in [-0.2, 0) is 4.79 Å². The number of nitrogens with zero attached hydrogens (tertiary/aromatic N) is 1. The van der Waals surface area contributed by atoms with Crippen molar-refractivity contribution in [3.63, 3.8) is 0 Å². The number of nitrogen functional groups attached to an aromatic ring is 2. The number of aromatic nitrogens is 1. The molecule has 0 aliphatic heterocycles. The molecule has 0 fully saturated rings. The largest absolute Gasteiger partial charge is 0.494 e. The normalized spacial score (nSPS) is 10.6. The Morgan fingerprint density at radius 3 is 2.27 bits per heavy atom. The average Bonchev–Trinajstić information content (AvgIpc) is 2.87. The molecule has 200 valence electrons. The number of hydrogen-bond acceptors (Lipinski definition) is 9. The molecular weight excluding hydrogens is 537 g/mol. The molecular formula is C25H31Cl2N5O4S. The number of thioether (sulfide) groups is 1. The molecule has 1 unspecified atom stereocenters. The molecule has 3 rings (SSSR count). The van der Waals surface area contributed by atoms with E-state index >= 15 is 0 Å². The van der Waals surface area contributed by atoms with E-state index in [1.54, 1.807) is 49.0 Å². The number of hydrogen-bond donors (Lipinski definition) is 5. The number of methoxy groups -OCH3 is 1. The Morgan fingerprint density at radius 2 is 1.70 bits per heavy atom. The Hall–Kier alpha value is -3.18. The van der Waals surface area contributed by atoms with E-state index < -0.39 is 12.0 Å². The van der Waals surface area contributed by atoms with E-state index in [0.29, 0.717) is 38.5 Å². The van der Waals surface area contributed by atoms with Gasteiger partial charge in [0.2, 0.25) is 0 Å². The Labute approximate surface area is 231 Å². The van der Waals surface area contributed by atoms with Gasteiger partial charge in [-0.05, 0) is 49.8 Å². The Morgan fingerprint density at radius 1 is 1.11 bits per heavy atom. The maximum atomic E-state index is 12.7. The minimum atomic E-state index is -0.676. The molecule has 12 heteroatoms. The summed E-state index contributed by atoms with van der Waals surface area (Å²) in [4.78, 5) is 16.6. The number of halogens is 2. The van der Waals surface area contributed by atoms with E-state index in [2.05, 4.69) is 10.3 Å². The number of carbonyl (C=O) groups is 1. The molecule has 0 aliphatic rings. The monoisotopic (exact) mass is 567 g/mol. The van der Waals surface area contributed by atoms with Crippen LogP contribution < -0.4 is 26.3 Å². The summed E-state index contributed by atoms with van der Waals surface area (Å²) in [5, 5.41) is 18.7. The first kappa shape index (κ1) is 31.8. The molecule has 0 saturated heterocycles. The van der Waals surface area contributed by atoms with Gasteiger partial charge in [0.1, 0.15) is 23.3 Å². The number of ether oxygens (including phenoxy) is 2. The number of carbonyl (C=O) groups excluding carboxylic acids is 1. The molecule has 1 aromatic heterocycles. The fraction of sp³-hybridized carbons (Fsp3) is 0.240. The molecule has 2 aromatic carbocycles. The molecule has 0 radical (unpaired) electrons. The SMILES string of the molecule is CO.COc1cc(N)ccc1NC(=O)C(=N)c1cc(OC(C)c2c(Cl)cncc2Cl)ccc1N.CSC. The van der Waals surface area contributed by atoms with Crippen molar-refractivity contribution in [1.82, 2.24) is 4.98 Å². The second-order valence-electron chi connectivity index (χ2n) is 7.22. The van der Waals surface area contributed by atoms with Gasteiger partial charge in [-0.2, -0.15) is 11.8 Å². The van der Waals surface area contributed by atoms with Crippen LogP contribution in [-0.4, -0.2) is 48.4 Å². The van der Waals surface area contributed by atoms with E-state index in [1.807, 2.05) is 12.5 Å². The molecule has 7 N–H and O–H groups in total. The lowest BCUT2D eigenvalue weighted by atomic mass is 10.1. The average molecular weight is 569 g/mol. The minimum Gasteiger partial charge on any atom is -0.494 e. The van der Waals surface area contributed by atoms with Crippen molar-refractivity contribution in [1.29, 1.82) is 5.41 Å². The summed E-state index contributed by atoms with van der Waals surface area (Å²) in [5.74, 6) is 0.0783. The number of pyridine rings is 1. The van der Waals surface area contributed by atoms with Crippen LogP contribution in [0, 0.1) is 5.41 Å². The molecule has 3 aromatic rings. The molecule has 9 nitrogen and oxygen atoms in total. The summed E-state index contributed by atoms with van der Waals surface area (Å²) in [6.07, 6.45) is 6.52. The maximum Gasteiger partial charge on any atom is 0.274 e. The van der Waals surface area contributed by atoms with Crippen LogP contribution in [0.15, 0.2) is 48.8 Å². The summed E-state index contributed by atoms with van der Waals surface area (Å²) in [6.45, 7) is 1.77.